The van der Waals surface area contributed by atoms with Gasteiger partial charge in [0, 0.05) is 30.9 Å². The molecule has 0 aliphatic carbocycles. The number of benzene rings is 2. The average molecular weight is 524 g/mol. The second-order valence-electron chi connectivity index (χ2n) is 11.4. The number of carbonyl (C=O) groups is 3. The highest BCUT2D eigenvalue weighted by atomic mass is 16.6. The molecule has 0 spiro atoms. The molecule has 2 aromatic rings. The molecule has 204 valence electrons. The Hall–Kier alpha value is -3.43. The first-order valence-electron chi connectivity index (χ1n) is 13.0. The van der Waals surface area contributed by atoms with Crippen LogP contribution in [0.4, 0.5) is 10.5 Å². The van der Waals surface area contributed by atoms with Gasteiger partial charge in [0.25, 0.3) is 11.8 Å². The maximum absolute atomic E-state index is 13.3. The van der Waals surface area contributed by atoms with Crippen molar-refractivity contribution in [3.8, 4) is 0 Å². The standard InChI is InChI=1S/C29H37N3O6/c1-28(2,3)38-27(36)30-17-19-7-5-8-21(15-19)20-11-13-31(14-12-20)25(34)22-9-6-10-23(16-22)32-18-29(4,37)24(33)26(32)35/h5-10,15-16,20,24,33,37H,11-14,17-18H2,1-4H3,(H,30,36)/t24-,29?/m0/s1. The van der Waals surface area contributed by atoms with E-state index in [9.17, 15) is 24.6 Å². The Morgan fingerprint density at radius 2 is 1.79 bits per heavy atom. The maximum atomic E-state index is 13.3. The normalized spacial score (nSPS) is 22.5. The summed E-state index contributed by atoms with van der Waals surface area (Å²) in [7, 11) is 0. The van der Waals surface area contributed by atoms with Crippen molar-refractivity contribution < 1.29 is 29.3 Å². The molecule has 38 heavy (non-hydrogen) atoms. The van der Waals surface area contributed by atoms with Gasteiger partial charge in [-0.3, -0.25) is 9.59 Å². The molecule has 4 rings (SSSR count). The van der Waals surface area contributed by atoms with E-state index in [1.807, 2.05) is 37.8 Å². The topological polar surface area (TPSA) is 119 Å². The number of nitrogens with zero attached hydrogens (tertiary/aromatic N) is 2. The van der Waals surface area contributed by atoms with Crippen molar-refractivity contribution in [3.63, 3.8) is 0 Å². The lowest BCUT2D eigenvalue weighted by atomic mass is 9.88. The van der Waals surface area contributed by atoms with E-state index in [2.05, 4.69) is 17.4 Å². The fraction of sp³-hybridized carbons (Fsp3) is 0.483. The minimum Gasteiger partial charge on any atom is -0.444 e. The monoisotopic (exact) mass is 523 g/mol. The minimum absolute atomic E-state index is 0.0393. The predicted octanol–water partition coefficient (Wildman–Crippen LogP) is 3.19. The number of rotatable bonds is 5. The van der Waals surface area contributed by atoms with Crippen molar-refractivity contribution in [3.05, 3.63) is 65.2 Å². The van der Waals surface area contributed by atoms with Crippen LogP contribution in [-0.4, -0.2) is 70.0 Å². The zero-order chi connectivity index (χ0) is 27.7. The first-order chi connectivity index (χ1) is 17.8. The molecule has 0 saturated carbocycles. The summed E-state index contributed by atoms with van der Waals surface area (Å²) in [6.45, 7) is 8.44. The molecule has 2 aliphatic heterocycles. The molecular formula is C29H37N3O6. The van der Waals surface area contributed by atoms with Crippen molar-refractivity contribution >= 4 is 23.6 Å². The smallest absolute Gasteiger partial charge is 0.407 e. The van der Waals surface area contributed by atoms with Gasteiger partial charge in [-0.2, -0.15) is 0 Å². The van der Waals surface area contributed by atoms with E-state index in [0.29, 0.717) is 36.8 Å². The molecule has 3 N–H and O–H groups in total. The highest BCUT2D eigenvalue weighted by Crippen LogP contribution is 2.31. The summed E-state index contributed by atoms with van der Waals surface area (Å²) in [6.07, 6.45) is -0.316. The number of likely N-dealkylation sites (tertiary alicyclic amines) is 1. The van der Waals surface area contributed by atoms with E-state index in [1.54, 1.807) is 24.3 Å². The van der Waals surface area contributed by atoms with Gasteiger partial charge >= 0.3 is 6.09 Å². The lowest BCUT2D eigenvalue weighted by Gasteiger charge is -2.32. The number of alkyl carbamates (subject to hydrolysis) is 1. The number of ether oxygens (including phenoxy) is 1. The van der Waals surface area contributed by atoms with Gasteiger partial charge in [0.2, 0.25) is 0 Å². The fourth-order valence-electron chi connectivity index (χ4n) is 4.97. The van der Waals surface area contributed by atoms with Crippen molar-refractivity contribution in [1.82, 2.24) is 10.2 Å². The number of hydrogen-bond donors (Lipinski definition) is 3. The van der Waals surface area contributed by atoms with E-state index in [0.717, 1.165) is 18.4 Å². The first-order valence-corrected chi connectivity index (χ1v) is 13.0. The van der Waals surface area contributed by atoms with Crippen LogP contribution in [0, 0.1) is 0 Å². The first kappa shape index (κ1) is 27.6. The number of piperidine rings is 1. The number of hydrogen-bond acceptors (Lipinski definition) is 6. The fourth-order valence-corrected chi connectivity index (χ4v) is 4.97. The Balaban J connectivity index is 1.35. The summed E-state index contributed by atoms with van der Waals surface area (Å²) in [5.74, 6) is -0.388. The third kappa shape index (κ3) is 6.34. The zero-order valence-electron chi connectivity index (χ0n) is 22.4. The van der Waals surface area contributed by atoms with Crippen LogP contribution >= 0.6 is 0 Å². The van der Waals surface area contributed by atoms with Gasteiger partial charge < -0.3 is 30.1 Å². The van der Waals surface area contributed by atoms with Gasteiger partial charge in [0.05, 0.1) is 6.54 Å². The van der Waals surface area contributed by atoms with E-state index >= 15 is 0 Å². The van der Waals surface area contributed by atoms with Gasteiger partial charge in [0.15, 0.2) is 6.10 Å². The van der Waals surface area contributed by atoms with Crippen molar-refractivity contribution in [2.75, 3.05) is 24.5 Å². The van der Waals surface area contributed by atoms with Crippen LogP contribution in [0.15, 0.2) is 48.5 Å². The van der Waals surface area contributed by atoms with Gasteiger partial charge in [-0.05, 0) is 75.8 Å². The summed E-state index contributed by atoms with van der Waals surface area (Å²) in [4.78, 5) is 40.8. The molecule has 2 heterocycles. The molecule has 9 nitrogen and oxygen atoms in total. The maximum Gasteiger partial charge on any atom is 0.407 e. The number of β-amino-alcohol motifs (C(OH)–C–C–N with tert-alkyl or cyclic N) is 1. The molecule has 2 atom stereocenters. The van der Waals surface area contributed by atoms with Crippen LogP contribution in [0.3, 0.4) is 0 Å². The van der Waals surface area contributed by atoms with Gasteiger partial charge in [0.1, 0.15) is 11.2 Å². The van der Waals surface area contributed by atoms with E-state index in [4.69, 9.17) is 4.74 Å². The summed E-state index contributed by atoms with van der Waals surface area (Å²) in [5.41, 5.74) is 1.02. The van der Waals surface area contributed by atoms with E-state index < -0.39 is 29.3 Å². The zero-order valence-corrected chi connectivity index (χ0v) is 22.4. The predicted molar refractivity (Wildman–Crippen MR) is 143 cm³/mol. The lowest BCUT2D eigenvalue weighted by molar-refractivity contribution is -0.130. The second kappa shape index (κ2) is 10.7. The molecule has 1 unspecified atom stereocenters. The van der Waals surface area contributed by atoms with E-state index in [1.165, 1.54) is 17.4 Å². The molecule has 0 radical (unpaired) electrons. The van der Waals surface area contributed by atoms with Crippen LogP contribution in [0.2, 0.25) is 0 Å². The van der Waals surface area contributed by atoms with E-state index in [-0.39, 0.29) is 12.5 Å². The van der Waals surface area contributed by atoms with Crippen molar-refractivity contribution in [2.45, 2.75) is 70.3 Å². The Kier molecular flexibility index (Phi) is 7.80. The molecular weight excluding hydrogens is 486 g/mol. The Morgan fingerprint density at radius 3 is 2.42 bits per heavy atom. The summed E-state index contributed by atoms with van der Waals surface area (Å²) < 4.78 is 5.30. The lowest BCUT2D eigenvalue weighted by Crippen LogP contribution is -2.39. The van der Waals surface area contributed by atoms with Crippen LogP contribution in [0.25, 0.3) is 0 Å². The van der Waals surface area contributed by atoms with Crippen LogP contribution in [0.5, 0.6) is 0 Å². The number of amides is 3. The number of anilines is 1. The van der Waals surface area contributed by atoms with Crippen LogP contribution in [-0.2, 0) is 16.1 Å². The number of nitrogens with one attached hydrogen (secondary N) is 1. The van der Waals surface area contributed by atoms with Crippen molar-refractivity contribution in [1.29, 1.82) is 0 Å². The molecule has 3 amide bonds. The quantitative estimate of drug-likeness (QED) is 0.554. The van der Waals surface area contributed by atoms with Gasteiger partial charge in [-0.25, -0.2) is 4.79 Å². The number of aliphatic hydroxyl groups is 2. The molecule has 2 saturated heterocycles. The number of aliphatic hydroxyl groups excluding tert-OH is 1. The molecule has 0 aromatic heterocycles. The van der Waals surface area contributed by atoms with Gasteiger partial charge in [-0.15, -0.1) is 0 Å². The molecule has 9 heteroatoms. The summed E-state index contributed by atoms with van der Waals surface area (Å²) >= 11 is 0. The van der Waals surface area contributed by atoms with Crippen molar-refractivity contribution in [2.24, 2.45) is 0 Å². The molecule has 2 aliphatic rings. The summed E-state index contributed by atoms with van der Waals surface area (Å²) in [5, 5.41) is 23.1. The third-order valence-electron chi connectivity index (χ3n) is 7.01. The highest BCUT2D eigenvalue weighted by molar-refractivity contribution is 6.02. The Morgan fingerprint density at radius 1 is 1.11 bits per heavy atom. The molecule has 0 bridgehead atoms. The SMILES string of the molecule is CC(C)(C)OC(=O)NCc1cccc(C2CCN(C(=O)c3cccc(N4CC(C)(O)[C@@H](O)C4=O)c3)CC2)c1. The molecule has 2 fully saturated rings. The third-order valence-corrected chi connectivity index (χ3v) is 7.01. The average Bonchev–Trinajstić information content (AvgIpc) is 3.09. The summed E-state index contributed by atoms with van der Waals surface area (Å²) in [6, 6.07) is 14.9. The Bertz CT molecular complexity index is 1200. The van der Waals surface area contributed by atoms with Gasteiger partial charge in [-0.1, -0.05) is 30.3 Å². The highest BCUT2D eigenvalue weighted by Gasteiger charge is 2.47. The largest absolute Gasteiger partial charge is 0.444 e. The van der Waals surface area contributed by atoms with Crippen LogP contribution < -0.4 is 10.2 Å². The van der Waals surface area contributed by atoms with Crippen LogP contribution in [0.1, 0.15) is 67.9 Å². The number of carbonyl (C=O) groups excluding carboxylic acids is 3. The minimum atomic E-state index is -1.54. The second-order valence-corrected chi connectivity index (χ2v) is 11.4. The molecule has 2 aromatic carbocycles. The Labute approximate surface area is 223 Å².